The van der Waals surface area contributed by atoms with Crippen molar-refractivity contribution in [3.63, 3.8) is 0 Å². The van der Waals surface area contributed by atoms with Crippen LogP contribution in [0.5, 0.6) is 11.6 Å². The highest BCUT2D eigenvalue weighted by molar-refractivity contribution is 5.71. The molecular formula is C17H11F3N4O3. The highest BCUT2D eigenvalue weighted by Gasteiger charge is 2.33. The zero-order valence-corrected chi connectivity index (χ0v) is 13.5. The number of hydrogen-bond donors (Lipinski definition) is 1. The maximum Gasteiger partial charge on any atom is 0.416 e. The SMILES string of the molecule is O=[N+]([O-])c1cc(C(F)(F)F)ccc1Nc1cccc(Oc2cnccn2)c1. The van der Waals surface area contributed by atoms with Gasteiger partial charge in [-0.3, -0.25) is 15.1 Å². The lowest BCUT2D eigenvalue weighted by Gasteiger charge is -2.11. The van der Waals surface area contributed by atoms with E-state index in [1.165, 1.54) is 24.7 Å². The Labute approximate surface area is 150 Å². The van der Waals surface area contributed by atoms with Crippen LogP contribution >= 0.6 is 0 Å². The van der Waals surface area contributed by atoms with Crippen molar-refractivity contribution >= 4 is 17.1 Å². The van der Waals surface area contributed by atoms with E-state index >= 15 is 0 Å². The van der Waals surface area contributed by atoms with Crippen LogP contribution in [-0.2, 0) is 6.18 Å². The van der Waals surface area contributed by atoms with Gasteiger partial charge in [-0.25, -0.2) is 4.98 Å². The molecule has 0 amide bonds. The maximum atomic E-state index is 12.8. The van der Waals surface area contributed by atoms with E-state index < -0.39 is 22.4 Å². The molecule has 0 fully saturated rings. The average molecular weight is 376 g/mol. The van der Waals surface area contributed by atoms with E-state index in [4.69, 9.17) is 4.74 Å². The molecule has 0 bridgehead atoms. The van der Waals surface area contributed by atoms with Gasteiger partial charge in [-0.15, -0.1) is 0 Å². The summed E-state index contributed by atoms with van der Waals surface area (Å²) in [6.45, 7) is 0. The molecule has 0 radical (unpaired) electrons. The van der Waals surface area contributed by atoms with E-state index in [9.17, 15) is 23.3 Å². The number of nitro benzene ring substituents is 1. The fourth-order valence-corrected chi connectivity index (χ4v) is 2.22. The van der Waals surface area contributed by atoms with Crippen molar-refractivity contribution < 1.29 is 22.8 Å². The summed E-state index contributed by atoms with van der Waals surface area (Å²) in [5.41, 5.74) is -1.48. The van der Waals surface area contributed by atoms with Crippen LogP contribution in [0.1, 0.15) is 5.56 Å². The second kappa shape index (κ2) is 7.28. The molecule has 0 saturated carbocycles. The van der Waals surface area contributed by atoms with Crippen LogP contribution < -0.4 is 10.1 Å². The molecule has 1 N–H and O–H groups in total. The predicted molar refractivity (Wildman–Crippen MR) is 89.9 cm³/mol. The minimum Gasteiger partial charge on any atom is -0.437 e. The summed E-state index contributed by atoms with van der Waals surface area (Å²) in [7, 11) is 0. The lowest BCUT2D eigenvalue weighted by molar-refractivity contribution is -0.384. The summed E-state index contributed by atoms with van der Waals surface area (Å²) in [5.74, 6) is 0.616. The first-order chi connectivity index (χ1) is 12.8. The van der Waals surface area contributed by atoms with Crippen molar-refractivity contribution in [3.8, 4) is 11.6 Å². The molecule has 0 aliphatic heterocycles. The number of rotatable bonds is 5. The quantitative estimate of drug-likeness (QED) is 0.501. The Hall–Kier alpha value is -3.69. The third-order valence-corrected chi connectivity index (χ3v) is 3.40. The van der Waals surface area contributed by atoms with Gasteiger partial charge in [-0.1, -0.05) is 6.07 Å². The zero-order valence-electron chi connectivity index (χ0n) is 13.5. The number of aromatic nitrogens is 2. The molecule has 0 aliphatic rings. The molecule has 27 heavy (non-hydrogen) atoms. The summed E-state index contributed by atoms with van der Waals surface area (Å²) in [6.07, 6.45) is -0.341. The number of nitro groups is 1. The zero-order chi connectivity index (χ0) is 19.4. The molecule has 7 nitrogen and oxygen atoms in total. The Morgan fingerprint density at radius 1 is 1.11 bits per heavy atom. The molecule has 0 spiro atoms. The topological polar surface area (TPSA) is 90.2 Å². The van der Waals surface area contributed by atoms with E-state index in [0.29, 0.717) is 17.5 Å². The Morgan fingerprint density at radius 2 is 1.93 bits per heavy atom. The highest BCUT2D eigenvalue weighted by atomic mass is 19.4. The monoisotopic (exact) mass is 376 g/mol. The van der Waals surface area contributed by atoms with Crippen LogP contribution in [0.4, 0.5) is 30.2 Å². The summed E-state index contributed by atoms with van der Waals surface area (Å²) in [5, 5.41) is 13.9. The van der Waals surface area contributed by atoms with Gasteiger partial charge in [-0.05, 0) is 24.3 Å². The first kappa shape index (κ1) is 18.1. The Bertz CT molecular complexity index is 965. The fraction of sp³-hybridized carbons (Fsp3) is 0.0588. The number of benzene rings is 2. The van der Waals surface area contributed by atoms with Crippen molar-refractivity contribution in [1.29, 1.82) is 0 Å². The molecule has 3 aromatic rings. The molecule has 0 saturated heterocycles. The van der Waals surface area contributed by atoms with Crippen LogP contribution in [0, 0.1) is 10.1 Å². The third-order valence-electron chi connectivity index (χ3n) is 3.40. The van der Waals surface area contributed by atoms with Gasteiger partial charge < -0.3 is 10.1 Å². The van der Waals surface area contributed by atoms with Gasteiger partial charge in [0.2, 0.25) is 5.88 Å². The molecule has 2 aromatic carbocycles. The van der Waals surface area contributed by atoms with Crippen LogP contribution in [0.3, 0.4) is 0 Å². The van der Waals surface area contributed by atoms with Crippen molar-refractivity contribution in [3.05, 3.63) is 76.7 Å². The lowest BCUT2D eigenvalue weighted by atomic mass is 10.1. The first-order valence-electron chi connectivity index (χ1n) is 7.49. The average Bonchev–Trinajstić information content (AvgIpc) is 2.62. The summed E-state index contributed by atoms with van der Waals surface area (Å²) in [4.78, 5) is 18.1. The normalized spacial score (nSPS) is 11.1. The van der Waals surface area contributed by atoms with Crippen molar-refractivity contribution in [2.24, 2.45) is 0 Å². The van der Waals surface area contributed by atoms with E-state index in [2.05, 4.69) is 15.3 Å². The minimum absolute atomic E-state index is 0.0790. The van der Waals surface area contributed by atoms with Crippen molar-refractivity contribution in [2.45, 2.75) is 6.18 Å². The number of hydrogen-bond acceptors (Lipinski definition) is 6. The van der Waals surface area contributed by atoms with Gasteiger partial charge >= 0.3 is 6.18 Å². The largest absolute Gasteiger partial charge is 0.437 e. The molecule has 0 unspecified atom stereocenters. The molecule has 1 heterocycles. The van der Waals surface area contributed by atoms with Crippen LogP contribution in [-0.4, -0.2) is 14.9 Å². The Morgan fingerprint density at radius 3 is 2.59 bits per heavy atom. The number of nitrogens with zero attached hydrogens (tertiary/aromatic N) is 3. The second-order valence-corrected chi connectivity index (χ2v) is 5.29. The van der Waals surface area contributed by atoms with Gasteiger partial charge in [0, 0.05) is 30.2 Å². The number of anilines is 2. The lowest BCUT2D eigenvalue weighted by Crippen LogP contribution is -2.06. The number of nitrogens with one attached hydrogen (secondary N) is 1. The molecule has 1 aromatic heterocycles. The maximum absolute atomic E-state index is 12.8. The predicted octanol–water partition coefficient (Wildman–Crippen LogP) is 4.94. The molecular weight excluding hydrogens is 365 g/mol. The Kier molecular flexibility index (Phi) is 4.88. The number of ether oxygens (including phenoxy) is 1. The molecule has 10 heteroatoms. The molecule has 0 atom stereocenters. The summed E-state index contributed by atoms with van der Waals surface area (Å²) < 4.78 is 43.8. The standard InChI is InChI=1S/C17H11F3N4O3/c18-17(19,20)11-4-5-14(15(8-11)24(25)26)23-12-2-1-3-13(9-12)27-16-10-21-6-7-22-16/h1-10,23H. The highest BCUT2D eigenvalue weighted by Crippen LogP contribution is 2.36. The fourth-order valence-electron chi connectivity index (χ4n) is 2.22. The van der Waals surface area contributed by atoms with E-state index in [1.54, 1.807) is 18.2 Å². The van der Waals surface area contributed by atoms with Crippen molar-refractivity contribution in [2.75, 3.05) is 5.32 Å². The van der Waals surface area contributed by atoms with E-state index in [-0.39, 0.29) is 11.6 Å². The van der Waals surface area contributed by atoms with Crippen LogP contribution in [0.25, 0.3) is 0 Å². The van der Waals surface area contributed by atoms with Gasteiger partial charge in [-0.2, -0.15) is 13.2 Å². The van der Waals surface area contributed by atoms with Crippen molar-refractivity contribution in [1.82, 2.24) is 9.97 Å². The molecule has 3 rings (SSSR count). The molecule has 138 valence electrons. The van der Waals surface area contributed by atoms with Crippen LogP contribution in [0.2, 0.25) is 0 Å². The van der Waals surface area contributed by atoms with Gasteiger partial charge in [0.1, 0.15) is 11.4 Å². The smallest absolute Gasteiger partial charge is 0.416 e. The van der Waals surface area contributed by atoms with E-state index in [1.807, 2.05) is 0 Å². The number of halogens is 3. The Balaban J connectivity index is 1.87. The minimum atomic E-state index is -4.67. The van der Waals surface area contributed by atoms with Gasteiger partial charge in [0.25, 0.3) is 5.69 Å². The third kappa shape index (κ3) is 4.48. The molecule has 0 aliphatic carbocycles. The first-order valence-corrected chi connectivity index (χ1v) is 7.49. The summed E-state index contributed by atoms with van der Waals surface area (Å²) >= 11 is 0. The summed E-state index contributed by atoms with van der Waals surface area (Å²) in [6, 6.07) is 8.63. The van der Waals surface area contributed by atoms with Crippen LogP contribution in [0.15, 0.2) is 61.1 Å². The second-order valence-electron chi connectivity index (χ2n) is 5.29. The van der Waals surface area contributed by atoms with Gasteiger partial charge in [0.05, 0.1) is 16.7 Å². The van der Waals surface area contributed by atoms with Gasteiger partial charge in [0.15, 0.2) is 0 Å². The van der Waals surface area contributed by atoms with E-state index in [0.717, 1.165) is 12.1 Å². The number of alkyl halides is 3.